The number of Topliss-reactive ketones (excluding diaryl/α,β-unsaturated/α-hetero) is 1. The second-order valence-corrected chi connectivity index (χ2v) is 8.50. The number of rotatable bonds is 10. The molecule has 0 aromatic heterocycles. The van der Waals surface area contributed by atoms with Crippen LogP contribution in [0.1, 0.15) is 59.8 Å². The van der Waals surface area contributed by atoms with Crippen LogP contribution in [0.3, 0.4) is 0 Å². The van der Waals surface area contributed by atoms with Gasteiger partial charge in [-0.05, 0) is 50.9 Å². The third-order valence-corrected chi connectivity index (χ3v) is 6.32. The zero-order valence-electron chi connectivity index (χ0n) is 15.9. The van der Waals surface area contributed by atoms with Crippen LogP contribution in [-0.2, 0) is 9.45 Å². The molecular weight excluding hydrogens is 301 g/mol. The second-order valence-electron chi connectivity index (χ2n) is 8.50. The number of aliphatic hydroxyl groups excluding tert-OH is 1. The van der Waals surface area contributed by atoms with E-state index in [1.165, 1.54) is 6.42 Å². The first-order valence-electron chi connectivity index (χ1n) is 9.74. The maximum absolute atomic E-state index is 12.6. The van der Waals surface area contributed by atoms with Gasteiger partial charge in [0.15, 0.2) is 5.78 Å². The summed E-state index contributed by atoms with van der Waals surface area (Å²) in [5, 5.41) is 13.0. The highest BCUT2D eigenvalue weighted by Crippen LogP contribution is 2.35. The van der Waals surface area contributed by atoms with E-state index in [0.29, 0.717) is 11.7 Å². The van der Waals surface area contributed by atoms with Crippen LogP contribution in [0.15, 0.2) is 0 Å². The molecule has 1 saturated heterocycles. The summed E-state index contributed by atoms with van der Waals surface area (Å²) in [6, 6.07) is -0.0412. The van der Waals surface area contributed by atoms with Crippen LogP contribution in [-0.4, -0.2) is 43.2 Å². The molecule has 0 aromatic rings. The van der Waals surface area contributed by atoms with Gasteiger partial charge >= 0.3 is 0 Å². The summed E-state index contributed by atoms with van der Waals surface area (Å²) >= 11 is 0. The molecular formula is C19H35BNO3. The summed E-state index contributed by atoms with van der Waals surface area (Å²) in [5.74, 6) is 1.62. The number of hydrogen-bond donors (Lipinski definition) is 2. The summed E-state index contributed by atoms with van der Waals surface area (Å²) in [7, 11) is 1.93. The van der Waals surface area contributed by atoms with Gasteiger partial charge in [0, 0.05) is 24.7 Å². The molecule has 1 radical (unpaired) electrons. The van der Waals surface area contributed by atoms with Crippen molar-refractivity contribution in [3.05, 3.63) is 0 Å². The molecule has 0 bridgehead atoms. The van der Waals surface area contributed by atoms with Crippen molar-refractivity contribution in [3.63, 3.8) is 0 Å². The third-order valence-electron chi connectivity index (χ3n) is 6.32. The van der Waals surface area contributed by atoms with E-state index in [-0.39, 0.29) is 36.0 Å². The predicted octanol–water partition coefficient (Wildman–Crippen LogP) is 2.82. The number of ketones is 1. The molecule has 2 N–H and O–H groups in total. The van der Waals surface area contributed by atoms with Crippen LogP contribution in [0.5, 0.6) is 0 Å². The molecule has 1 aliphatic carbocycles. The minimum atomic E-state index is -0.134. The van der Waals surface area contributed by atoms with Gasteiger partial charge < -0.3 is 15.1 Å². The zero-order valence-corrected chi connectivity index (χ0v) is 15.9. The Balaban J connectivity index is 1.76. The maximum Gasteiger partial charge on any atom is 0.293 e. The fourth-order valence-corrected chi connectivity index (χ4v) is 3.56. The summed E-state index contributed by atoms with van der Waals surface area (Å²) < 4.78 is 5.89. The minimum absolute atomic E-state index is 0.0412. The first-order chi connectivity index (χ1) is 11.4. The Morgan fingerprint density at radius 1 is 1.38 bits per heavy atom. The molecule has 5 heteroatoms. The molecule has 137 valence electrons. The summed E-state index contributed by atoms with van der Waals surface area (Å²) in [6.45, 7) is 9.51. The van der Waals surface area contributed by atoms with Crippen molar-refractivity contribution in [2.24, 2.45) is 23.7 Å². The highest BCUT2D eigenvalue weighted by molar-refractivity contribution is 6.27. The lowest BCUT2D eigenvalue weighted by molar-refractivity contribution is -0.128. The monoisotopic (exact) mass is 336 g/mol. The first kappa shape index (κ1) is 19.9. The van der Waals surface area contributed by atoms with E-state index in [0.717, 1.165) is 38.5 Å². The highest BCUT2D eigenvalue weighted by atomic mass is 16.5. The lowest BCUT2D eigenvalue weighted by Gasteiger charge is -2.31. The lowest BCUT2D eigenvalue weighted by Crippen LogP contribution is -2.42. The first-order valence-corrected chi connectivity index (χ1v) is 9.74. The standard InChI is InChI=1S/C19H35BNO3/c1-13(2)19(3,4)24-20-10-6-9-16-15(12-22)11-21-17(16)18(23)14-7-5-8-14/h13-17,21-22H,5-12H2,1-4H3. The third kappa shape index (κ3) is 4.83. The van der Waals surface area contributed by atoms with Gasteiger partial charge in [-0.1, -0.05) is 33.0 Å². The molecule has 1 heterocycles. The van der Waals surface area contributed by atoms with Crippen LogP contribution in [0, 0.1) is 23.7 Å². The van der Waals surface area contributed by atoms with Crippen LogP contribution >= 0.6 is 0 Å². The fraction of sp³-hybridized carbons (Fsp3) is 0.947. The van der Waals surface area contributed by atoms with Crippen LogP contribution in [0.25, 0.3) is 0 Å². The average molecular weight is 336 g/mol. The summed E-state index contributed by atoms with van der Waals surface area (Å²) in [5.41, 5.74) is -0.134. The van der Waals surface area contributed by atoms with Crippen molar-refractivity contribution in [2.75, 3.05) is 13.2 Å². The molecule has 1 saturated carbocycles. The largest absolute Gasteiger partial charge is 0.436 e. The molecule has 1 aliphatic heterocycles. The van der Waals surface area contributed by atoms with Crippen LogP contribution in [0.2, 0.25) is 6.32 Å². The lowest BCUT2D eigenvalue weighted by atomic mass is 9.74. The van der Waals surface area contributed by atoms with E-state index in [9.17, 15) is 9.90 Å². The normalized spacial score (nSPS) is 28.2. The minimum Gasteiger partial charge on any atom is -0.436 e. The Morgan fingerprint density at radius 2 is 2.08 bits per heavy atom. The van der Waals surface area contributed by atoms with Crippen LogP contribution < -0.4 is 5.32 Å². The second kappa shape index (κ2) is 8.82. The number of carbonyl (C=O) groups excluding carboxylic acids is 1. The Kier molecular flexibility index (Phi) is 7.32. The highest BCUT2D eigenvalue weighted by Gasteiger charge is 2.42. The number of hydrogen-bond acceptors (Lipinski definition) is 4. The SMILES string of the molecule is CC(C)C(C)(C)O[B]CCCC1C(CO)CNC1C(=O)C1CCC1. The average Bonchev–Trinajstić information content (AvgIpc) is 2.87. The van der Waals surface area contributed by atoms with E-state index < -0.39 is 0 Å². The maximum atomic E-state index is 12.6. The van der Waals surface area contributed by atoms with Gasteiger partial charge in [-0.25, -0.2) is 0 Å². The Hall–Kier alpha value is -0.385. The molecule has 2 rings (SSSR count). The molecule has 2 fully saturated rings. The van der Waals surface area contributed by atoms with Crippen molar-refractivity contribution in [3.8, 4) is 0 Å². The van der Waals surface area contributed by atoms with Gasteiger partial charge in [0.25, 0.3) is 7.48 Å². The smallest absolute Gasteiger partial charge is 0.293 e. The van der Waals surface area contributed by atoms with E-state index in [1.54, 1.807) is 0 Å². The zero-order chi connectivity index (χ0) is 17.7. The Bertz CT molecular complexity index is 409. The molecule has 24 heavy (non-hydrogen) atoms. The Morgan fingerprint density at radius 3 is 2.62 bits per heavy atom. The van der Waals surface area contributed by atoms with Crippen molar-refractivity contribution in [1.82, 2.24) is 5.32 Å². The van der Waals surface area contributed by atoms with Gasteiger partial charge in [0.1, 0.15) is 0 Å². The van der Waals surface area contributed by atoms with Gasteiger partial charge in [-0.2, -0.15) is 0 Å². The van der Waals surface area contributed by atoms with Gasteiger partial charge in [0.05, 0.1) is 6.04 Å². The van der Waals surface area contributed by atoms with Crippen molar-refractivity contribution in [1.29, 1.82) is 0 Å². The summed E-state index contributed by atoms with van der Waals surface area (Å²) in [6.07, 6.45) is 6.18. The number of nitrogens with one attached hydrogen (secondary N) is 1. The molecule has 4 nitrogen and oxygen atoms in total. The topological polar surface area (TPSA) is 58.6 Å². The molecule has 3 atom stereocenters. The van der Waals surface area contributed by atoms with Gasteiger partial charge in [-0.3, -0.25) is 4.79 Å². The molecule has 0 spiro atoms. The van der Waals surface area contributed by atoms with E-state index in [1.807, 2.05) is 7.48 Å². The number of aliphatic hydroxyl groups is 1. The predicted molar refractivity (Wildman–Crippen MR) is 98.0 cm³/mol. The fourth-order valence-electron chi connectivity index (χ4n) is 3.56. The van der Waals surface area contributed by atoms with E-state index in [4.69, 9.17) is 4.65 Å². The van der Waals surface area contributed by atoms with E-state index >= 15 is 0 Å². The van der Waals surface area contributed by atoms with Crippen molar-refractivity contribution in [2.45, 2.75) is 77.8 Å². The quantitative estimate of drug-likeness (QED) is 0.476. The molecule has 0 aromatic carbocycles. The number of carbonyl (C=O) groups is 1. The van der Waals surface area contributed by atoms with Crippen molar-refractivity contribution >= 4 is 13.3 Å². The Labute approximate surface area is 148 Å². The van der Waals surface area contributed by atoms with E-state index in [2.05, 4.69) is 33.0 Å². The van der Waals surface area contributed by atoms with Gasteiger partial charge in [0.2, 0.25) is 0 Å². The van der Waals surface area contributed by atoms with Gasteiger partial charge in [-0.15, -0.1) is 0 Å². The molecule has 0 amide bonds. The van der Waals surface area contributed by atoms with Crippen molar-refractivity contribution < 1.29 is 14.6 Å². The molecule has 3 unspecified atom stereocenters. The molecule has 2 aliphatic rings. The van der Waals surface area contributed by atoms with Crippen LogP contribution in [0.4, 0.5) is 0 Å². The summed E-state index contributed by atoms with van der Waals surface area (Å²) in [4.78, 5) is 12.6.